The number of hydrogen-bond donors (Lipinski definition) is 1. The van der Waals surface area contributed by atoms with Crippen molar-refractivity contribution in [2.75, 3.05) is 0 Å². The third kappa shape index (κ3) is 17.5. The molecular weight excluding hydrogens is 323 g/mol. The first kappa shape index (κ1) is 26.1. The third-order valence-corrected chi connectivity index (χ3v) is 5.47. The summed E-state index contributed by atoms with van der Waals surface area (Å²) in [5.74, 6) is 0. The number of rotatable bonds is 15. The van der Waals surface area contributed by atoms with Crippen LogP contribution in [0.2, 0.25) is 0 Å². The van der Waals surface area contributed by atoms with Gasteiger partial charge < -0.3 is 9.66 Å². The number of aliphatic hydroxyl groups is 1. The molecule has 0 aliphatic carbocycles. The molecule has 1 N–H and O–H groups in total. The number of hydrogen-bond acceptors (Lipinski definition) is 4. The molecule has 0 aliphatic rings. The third-order valence-electron chi connectivity index (χ3n) is 4.19. The molecule has 0 amide bonds. The van der Waals surface area contributed by atoms with Crippen LogP contribution in [0.1, 0.15) is 97.3 Å². The fourth-order valence-corrected chi connectivity index (χ4v) is 3.65. The Balaban J connectivity index is 0. The molecule has 0 aromatic heterocycles. The van der Waals surface area contributed by atoms with Gasteiger partial charge in [-0.05, 0) is 26.2 Å². The first-order chi connectivity index (χ1) is 10.4. The second-order valence-electron chi connectivity index (χ2n) is 6.51. The first-order valence-electron chi connectivity index (χ1n) is 9.00. The Morgan fingerprint density at radius 1 is 0.826 bits per heavy atom. The van der Waals surface area contributed by atoms with Gasteiger partial charge in [0.1, 0.15) is 0 Å². The molecule has 0 rings (SSSR count). The summed E-state index contributed by atoms with van der Waals surface area (Å²) in [7, 11) is -4.12. The summed E-state index contributed by atoms with van der Waals surface area (Å²) >= 11 is 0. The second kappa shape index (κ2) is 16.3. The van der Waals surface area contributed by atoms with Gasteiger partial charge in [-0.15, -0.1) is 0 Å². The summed E-state index contributed by atoms with van der Waals surface area (Å²) in [6.07, 6.45) is 12.4. The van der Waals surface area contributed by atoms with Crippen molar-refractivity contribution in [3.63, 3.8) is 0 Å². The molecule has 0 aromatic rings. The van der Waals surface area contributed by atoms with E-state index in [1.807, 2.05) is 13.8 Å². The zero-order chi connectivity index (χ0) is 16.8. The number of unbranched alkanes of at least 4 members (excludes halogenated alkanes) is 8. The van der Waals surface area contributed by atoms with Gasteiger partial charge in [-0.3, -0.25) is 0 Å². The van der Waals surface area contributed by atoms with E-state index >= 15 is 0 Å². The van der Waals surface area contributed by atoms with Gasteiger partial charge in [0.05, 0.1) is 16.2 Å². The van der Waals surface area contributed by atoms with Gasteiger partial charge in [-0.1, -0.05) is 71.1 Å². The van der Waals surface area contributed by atoms with E-state index in [9.17, 15) is 13.0 Å². The summed E-state index contributed by atoms with van der Waals surface area (Å²) in [6, 6.07) is 0. The van der Waals surface area contributed by atoms with E-state index in [0.717, 1.165) is 44.9 Å². The fraction of sp³-hybridized carbons (Fsp3) is 1.00. The molecule has 23 heavy (non-hydrogen) atoms. The van der Waals surface area contributed by atoms with E-state index < -0.39 is 15.4 Å². The minimum atomic E-state index is -4.12. The van der Waals surface area contributed by atoms with Crippen LogP contribution in [-0.2, 0) is 10.1 Å². The molecule has 2 atom stereocenters. The van der Waals surface area contributed by atoms with Crippen LogP contribution in [0.25, 0.3) is 0 Å². The molecule has 0 heterocycles. The van der Waals surface area contributed by atoms with Crippen molar-refractivity contribution < 1.29 is 47.6 Å². The van der Waals surface area contributed by atoms with Crippen LogP contribution < -0.4 is 29.6 Å². The monoisotopic (exact) mass is 358 g/mol. The van der Waals surface area contributed by atoms with Crippen LogP contribution in [0.15, 0.2) is 0 Å². The smallest absolute Gasteiger partial charge is 0.748 e. The molecular formula is C17H35NaO4S. The molecule has 0 aliphatic heterocycles. The Morgan fingerprint density at radius 2 is 1.22 bits per heavy atom. The molecule has 0 saturated heterocycles. The fourth-order valence-electron chi connectivity index (χ4n) is 2.74. The van der Waals surface area contributed by atoms with Crippen LogP contribution in [0, 0.1) is 0 Å². The molecule has 2 unspecified atom stereocenters. The summed E-state index contributed by atoms with van der Waals surface area (Å²) in [4.78, 5) is 0. The standard InChI is InChI=1S/C17H36O4S.Na/c1-3-4-14-17(22(19,20)21)15-12-10-8-6-5-7-9-11-13-16(2)18;/h16-18H,3-15H2,1-2H3,(H,19,20,21);/q;+1/p-1. The zero-order valence-electron chi connectivity index (χ0n) is 15.4. The Hall–Kier alpha value is 0.870. The van der Waals surface area contributed by atoms with Crippen molar-refractivity contribution in [1.82, 2.24) is 0 Å². The predicted octanol–water partition coefficient (Wildman–Crippen LogP) is 1.38. The molecule has 134 valence electrons. The average molecular weight is 359 g/mol. The molecule has 6 heteroatoms. The Kier molecular flexibility index (Phi) is 18.5. The maximum Gasteiger partial charge on any atom is 1.00 e. The molecule has 0 fully saturated rings. The summed E-state index contributed by atoms with van der Waals surface area (Å²) in [6.45, 7) is 3.84. The average Bonchev–Trinajstić information content (AvgIpc) is 2.42. The second-order valence-corrected chi connectivity index (χ2v) is 8.16. The van der Waals surface area contributed by atoms with E-state index in [1.165, 1.54) is 25.7 Å². The van der Waals surface area contributed by atoms with E-state index in [4.69, 9.17) is 5.11 Å². The van der Waals surface area contributed by atoms with Crippen molar-refractivity contribution in [2.24, 2.45) is 0 Å². The maximum atomic E-state index is 11.2. The van der Waals surface area contributed by atoms with E-state index in [0.29, 0.717) is 12.8 Å². The Morgan fingerprint density at radius 3 is 1.61 bits per heavy atom. The minimum Gasteiger partial charge on any atom is -0.748 e. The van der Waals surface area contributed by atoms with Gasteiger partial charge in [0.2, 0.25) is 0 Å². The SMILES string of the molecule is CCCCC(CCCCCCCCCCC(C)O)S(=O)(=O)[O-].[Na+]. The van der Waals surface area contributed by atoms with Gasteiger partial charge in [-0.25, -0.2) is 8.42 Å². The molecule has 0 spiro atoms. The van der Waals surface area contributed by atoms with Gasteiger partial charge in [-0.2, -0.15) is 0 Å². The molecule has 0 aromatic carbocycles. The van der Waals surface area contributed by atoms with Crippen LogP contribution in [0.5, 0.6) is 0 Å². The zero-order valence-corrected chi connectivity index (χ0v) is 18.2. The van der Waals surface area contributed by atoms with Gasteiger partial charge in [0, 0.05) is 5.25 Å². The molecule has 0 saturated carbocycles. The molecule has 4 nitrogen and oxygen atoms in total. The maximum absolute atomic E-state index is 11.2. The summed E-state index contributed by atoms with van der Waals surface area (Å²) < 4.78 is 33.5. The van der Waals surface area contributed by atoms with Crippen molar-refractivity contribution in [1.29, 1.82) is 0 Å². The molecule has 0 bridgehead atoms. The van der Waals surface area contributed by atoms with Gasteiger partial charge >= 0.3 is 29.6 Å². The van der Waals surface area contributed by atoms with Crippen LogP contribution >= 0.6 is 0 Å². The minimum absolute atomic E-state index is 0. The van der Waals surface area contributed by atoms with Crippen molar-refractivity contribution >= 4 is 10.1 Å². The Bertz CT molecular complexity index is 345. The van der Waals surface area contributed by atoms with E-state index in [2.05, 4.69) is 0 Å². The normalized spacial score (nSPS) is 14.3. The summed E-state index contributed by atoms with van der Waals surface area (Å²) in [5.41, 5.74) is 0. The largest absolute Gasteiger partial charge is 1.00 e. The quantitative estimate of drug-likeness (QED) is 0.272. The van der Waals surface area contributed by atoms with Crippen LogP contribution in [0.4, 0.5) is 0 Å². The summed E-state index contributed by atoms with van der Waals surface area (Å²) in [5, 5.41) is 8.47. The van der Waals surface area contributed by atoms with E-state index in [1.54, 1.807) is 0 Å². The Labute approximate surface area is 165 Å². The van der Waals surface area contributed by atoms with Crippen LogP contribution in [0.3, 0.4) is 0 Å². The van der Waals surface area contributed by atoms with E-state index in [-0.39, 0.29) is 35.7 Å². The van der Waals surface area contributed by atoms with Crippen molar-refractivity contribution in [3.05, 3.63) is 0 Å². The predicted molar refractivity (Wildman–Crippen MR) is 90.9 cm³/mol. The first-order valence-corrected chi connectivity index (χ1v) is 10.5. The van der Waals surface area contributed by atoms with Gasteiger partial charge in [0.15, 0.2) is 0 Å². The molecule has 0 radical (unpaired) electrons. The van der Waals surface area contributed by atoms with Crippen molar-refractivity contribution in [2.45, 2.75) is 109 Å². The van der Waals surface area contributed by atoms with Gasteiger partial charge in [0.25, 0.3) is 0 Å². The topological polar surface area (TPSA) is 77.4 Å². The van der Waals surface area contributed by atoms with Crippen molar-refractivity contribution in [3.8, 4) is 0 Å². The van der Waals surface area contributed by atoms with Crippen LogP contribution in [-0.4, -0.2) is 29.4 Å². The number of aliphatic hydroxyl groups excluding tert-OH is 1.